The van der Waals surface area contributed by atoms with Crippen molar-refractivity contribution in [2.24, 2.45) is 0 Å². The van der Waals surface area contributed by atoms with Crippen molar-refractivity contribution >= 4 is 23.0 Å². The van der Waals surface area contributed by atoms with Crippen molar-refractivity contribution in [3.8, 4) is 0 Å². The highest BCUT2D eigenvalue weighted by Crippen LogP contribution is 2.17. The molecule has 1 unspecified atom stereocenters. The van der Waals surface area contributed by atoms with E-state index in [1.807, 2.05) is 43.3 Å². The van der Waals surface area contributed by atoms with E-state index in [1.54, 1.807) is 6.07 Å². The summed E-state index contributed by atoms with van der Waals surface area (Å²) in [6.07, 6.45) is 4.20. The molecule has 0 saturated heterocycles. The molecule has 4 heteroatoms. The van der Waals surface area contributed by atoms with Crippen molar-refractivity contribution in [3.63, 3.8) is 0 Å². The normalized spacial score (nSPS) is 11.9. The molecule has 0 aliphatic heterocycles. The van der Waals surface area contributed by atoms with Gasteiger partial charge in [0.1, 0.15) is 17.3 Å². The molecule has 0 spiro atoms. The van der Waals surface area contributed by atoms with Gasteiger partial charge >= 0.3 is 0 Å². The zero-order chi connectivity index (χ0) is 15.9. The molecule has 1 N–H and O–H groups in total. The zero-order valence-electron chi connectivity index (χ0n) is 13.0. The zero-order valence-corrected chi connectivity index (χ0v) is 13.8. The lowest BCUT2D eigenvalue weighted by Crippen LogP contribution is -2.05. The van der Waals surface area contributed by atoms with Crippen LogP contribution >= 0.6 is 0 Å². The molecule has 22 heavy (non-hydrogen) atoms. The van der Waals surface area contributed by atoms with Crippen LogP contribution < -0.4 is 4.72 Å². The Bertz CT molecular complexity index is 665. The Morgan fingerprint density at radius 1 is 1.14 bits per heavy atom. The molecule has 0 aliphatic rings. The van der Waals surface area contributed by atoms with Gasteiger partial charge in [-0.15, -0.1) is 0 Å². The van der Waals surface area contributed by atoms with Crippen LogP contribution in [0.25, 0.3) is 0 Å². The monoisotopic (exact) mass is 315 g/mol. The van der Waals surface area contributed by atoms with Gasteiger partial charge in [-0.3, -0.25) is 4.79 Å². The van der Waals surface area contributed by atoms with E-state index in [2.05, 4.69) is 11.6 Å². The molecular weight excluding hydrogens is 294 g/mol. The number of hydrogen-bond acceptors (Lipinski definition) is 2. The summed E-state index contributed by atoms with van der Waals surface area (Å²) in [5.41, 5.74) is 3.46. The van der Waals surface area contributed by atoms with Gasteiger partial charge in [-0.2, -0.15) is 0 Å². The lowest BCUT2D eigenvalue weighted by atomic mass is 10.1. The van der Waals surface area contributed by atoms with Gasteiger partial charge in [0.2, 0.25) is 0 Å². The first kappa shape index (κ1) is 16.4. The van der Waals surface area contributed by atoms with E-state index in [-0.39, 0.29) is 0 Å². The van der Waals surface area contributed by atoms with Crippen molar-refractivity contribution in [1.29, 1.82) is 0 Å². The van der Waals surface area contributed by atoms with Crippen LogP contribution in [0.2, 0.25) is 0 Å². The third-order valence-corrected chi connectivity index (χ3v) is 4.69. The van der Waals surface area contributed by atoms with Crippen LogP contribution in [-0.4, -0.2) is 10.5 Å². The van der Waals surface area contributed by atoms with Crippen LogP contribution in [0, 0.1) is 6.92 Å². The Balaban J connectivity index is 2.07. The molecule has 2 rings (SSSR count). The first-order valence-electron chi connectivity index (χ1n) is 7.47. The third kappa shape index (κ3) is 4.28. The molecule has 0 aromatic heterocycles. The second-order valence-corrected chi connectivity index (χ2v) is 6.52. The Kier molecular flexibility index (Phi) is 5.90. The van der Waals surface area contributed by atoms with Gasteiger partial charge in [0.15, 0.2) is 0 Å². The van der Waals surface area contributed by atoms with E-state index >= 15 is 0 Å². The molecule has 2 aromatic rings. The standard InChI is InChI=1S/C18H21NO2S/c1-3-4-5-15-7-10-18(11-8-15)22(21)19-17-9-6-14(2)16(12-17)13-20/h6-13,19H,3-5H2,1-2H3. The van der Waals surface area contributed by atoms with Gasteiger partial charge in [0.05, 0.1) is 4.90 Å². The number of carbonyl (C=O) groups is 1. The SMILES string of the molecule is CCCCc1ccc(S(=O)Nc2ccc(C)c(C=O)c2)cc1. The predicted octanol–water partition coefficient (Wildman–Crippen LogP) is 4.28. The lowest BCUT2D eigenvalue weighted by molar-refractivity contribution is 0.112. The maximum atomic E-state index is 12.3. The van der Waals surface area contributed by atoms with Crippen molar-refractivity contribution in [2.75, 3.05) is 4.72 Å². The summed E-state index contributed by atoms with van der Waals surface area (Å²) in [5.74, 6) is 0. The largest absolute Gasteiger partial charge is 0.301 e. The number of benzene rings is 2. The number of anilines is 1. The Morgan fingerprint density at radius 3 is 2.50 bits per heavy atom. The van der Waals surface area contributed by atoms with Gasteiger partial charge in [-0.25, -0.2) is 4.21 Å². The molecule has 0 amide bonds. The summed E-state index contributed by atoms with van der Waals surface area (Å²) >= 11 is 0. The van der Waals surface area contributed by atoms with Crippen molar-refractivity contribution < 1.29 is 9.00 Å². The molecule has 2 aromatic carbocycles. The highest BCUT2D eigenvalue weighted by molar-refractivity contribution is 7.86. The number of aryl methyl sites for hydroxylation is 2. The highest BCUT2D eigenvalue weighted by Gasteiger charge is 2.06. The maximum Gasteiger partial charge on any atom is 0.150 e. The second-order valence-electron chi connectivity index (χ2n) is 5.31. The van der Waals surface area contributed by atoms with Gasteiger partial charge in [0, 0.05) is 11.3 Å². The molecule has 0 saturated carbocycles. The van der Waals surface area contributed by atoms with Gasteiger partial charge in [-0.05, 0) is 55.2 Å². The molecule has 0 bridgehead atoms. The van der Waals surface area contributed by atoms with E-state index in [4.69, 9.17) is 0 Å². The topological polar surface area (TPSA) is 46.2 Å². The van der Waals surface area contributed by atoms with Crippen LogP contribution in [0.1, 0.15) is 41.3 Å². The number of nitrogens with one attached hydrogen (secondary N) is 1. The van der Waals surface area contributed by atoms with Crippen molar-refractivity contribution in [3.05, 3.63) is 59.2 Å². The average molecular weight is 315 g/mol. The van der Waals surface area contributed by atoms with E-state index < -0.39 is 11.0 Å². The van der Waals surface area contributed by atoms with Gasteiger partial charge in [-0.1, -0.05) is 31.5 Å². The summed E-state index contributed by atoms with van der Waals surface area (Å²) in [5, 5.41) is 0. The fourth-order valence-corrected chi connectivity index (χ4v) is 3.00. The molecule has 1 atom stereocenters. The van der Waals surface area contributed by atoms with E-state index in [0.717, 1.165) is 23.2 Å². The minimum atomic E-state index is -1.33. The van der Waals surface area contributed by atoms with Crippen LogP contribution in [-0.2, 0) is 17.4 Å². The van der Waals surface area contributed by atoms with Crippen LogP contribution in [0.3, 0.4) is 0 Å². The molecule has 0 radical (unpaired) electrons. The molecule has 0 heterocycles. The summed E-state index contributed by atoms with van der Waals surface area (Å²) in [7, 11) is -1.33. The fraction of sp³-hybridized carbons (Fsp3) is 0.278. The second kappa shape index (κ2) is 7.90. The Hall–Kier alpha value is -1.94. The van der Waals surface area contributed by atoms with Crippen LogP contribution in [0.4, 0.5) is 5.69 Å². The fourth-order valence-electron chi connectivity index (χ4n) is 2.16. The molecule has 3 nitrogen and oxygen atoms in total. The molecular formula is C18H21NO2S. The quantitative estimate of drug-likeness (QED) is 0.775. The minimum Gasteiger partial charge on any atom is -0.301 e. The summed E-state index contributed by atoms with van der Waals surface area (Å²) in [6.45, 7) is 4.04. The average Bonchev–Trinajstić information content (AvgIpc) is 2.55. The summed E-state index contributed by atoms with van der Waals surface area (Å²) < 4.78 is 15.3. The number of hydrogen-bond donors (Lipinski definition) is 1. The first-order valence-corrected chi connectivity index (χ1v) is 8.62. The predicted molar refractivity (Wildman–Crippen MR) is 91.7 cm³/mol. The lowest BCUT2D eigenvalue weighted by Gasteiger charge is -2.08. The smallest absolute Gasteiger partial charge is 0.150 e. The molecule has 116 valence electrons. The van der Waals surface area contributed by atoms with Crippen molar-refractivity contribution in [1.82, 2.24) is 0 Å². The van der Waals surface area contributed by atoms with Crippen molar-refractivity contribution in [2.45, 2.75) is 38.0 Å². The van der Waals surface area contributed by atoms with Gasteiger partial charge in [0.25, 0.3) is 0 Å². The first-order chi connectivity index (χ1) is 10.6. The van der Waals surface area contributed by atoms with Crippen LogP contribution in [0.5, 0.6) is 0 Å². The van der Waals surface area contributed by atoms with E-state index in [0.29, 0.717) is 11.3 Å². The summed E-state index contributed by atoms with van der Waals surface area (Å²) in [4.78, 5) is 11.7. The Morgan fingerprint density at radius 2 is 1.86 bits per heavy atom. The number of unbranched alkanes of at least 4 members (excludes halogenated alkanes) is 1. The number of carbonyl (C=O) groups excluding carboxylic acids is 1. The third-order valence-electron chi connectivity index (χ3n) is 3.57. The highest BCUT2D eigenvalue weighted by atomic mass is 32.2. The molecule has 0 fully saturated rings. The number of rotatable bonds is 7. The maximum absolute atomic E-state index is 12.3. The Labute approximate surface area is 134 Å². The van der Waals surface area contributed by atoms with Crippen LogP contribution in [0.15, 0.2) is 47.4 Å². The summed E-state index contributed by atoms with van der Waals surface area (Å²) in [6, 6.07) is 13.2. The van der Waals surface area contributed by atoms with E-state index in [9.17, 15) is 9.00 Å². The number of aldehydes is 1. The van der Waals surface area contributed by atoms with E-state index in [1.165, 1.54) is 18.4 Å². The minimum absolute atomic E-state index is 0.608. The van der Waals surface area contributed by atoms with Gasteiger partial charge < -0.3 is 4.72 Å². The molecule has 0 aliphatic carbocycles.